The second-order valence-electron chi connectivity index (χ2n) is 6.24. The van der Waals surface area contributed by atoms with Gasteiger partial charge in [0.1, 0.15) is 0 Å². The highest BCUT2D eigenvalue weighted by Gasteiger charge is 2.30. The third-order valence-corrected chi connectivity index (χ3v) is 4.73. The van der Waals surface area contributed by atoms with Crippen molar-refractivity contribution in [3.05, 3.63) is 35.4 Å². The van der Waals surface area contributed by atoms with Gasteiger partial charge >= 0.3 is 0 Å². The van der Waals surface area contributed by atoms with Crippen molar-refractivity contribution in [2.45, 2.75) is 25.0 Å². The summed E-state index contributed by atoms with van der Waals surface area (Å²) in [6.07, 6.45) is 1.09. The van der Waals surface area contributed by atoms with Crippen LogP contribution in [0.4, 0.5) is 0 Å². The van der Waals surface area contributed by atoms with E-state index < -0.39 is 0 Å². The number of hydrogen-bond acceptors (Lipinski definition) is 7. The monoisotopic (exact) mass is 376 g/mol. The first-order valence-corrected chi connectivity index (χ1v) is 8.57. The molecule has 0 spiro atoms. The molecule has 0 aromatic heterocycles. The van der Waals surface area contributed by atoms with E-state index >= 15 is 0 Å². The van der Waals surface area contributed by atoms with Crippen molar-refractivity contribution in [1.29, 1.82) is 0 Å². The van der Waals surface area contributed by atoms with E-state index in [1.807, 2.05) is 0 Å². The summed E-state index contributed by atoms with van der Waals surface area (Å²) < 4.78 is 27.1. The molecule has 146 valence electrons. The summed E-state index contributed by atoms with van der Waals surface area (Å²) in [5, 5.41) is 20.4. The Kier molecular flexibility index (Phi) is 5.51. The van der Waals surface area contributed by atoms with E-state index in [1.165, 1.54) is 28.4 Å². The number of ether oxygens (including phenoxy) is 5. The fourth-order valence-corrected chi connectivity index (χ4v) is 3.43. The zero-order valence-corrected chi connectivity index (χ0v) is 15.8. The second-order valence-corrected chi connectivity index (χ2v) is 6.24. The largest absolute Gasteiger partial charge is 0.504 e. The minimum Gasteiger partial charge on any atom is -0.504 e. The Morgan fingerprint density at radius 2 is 1.11 bits per heavy atom. The van der Waals surface area contributed by atoms with E-state index in [0.717, 1.165) is 24.0 Å². The maximum atomic E-state index is 10.2. The summed E-state index contributed by atoms with van der Waals surface area (Å²) in [5.41, 5.74) is 1.61. The molecule has 1 fully saturated rings. The molecule has 3 rings (SSSR count). The lowest BCUT2D eigenvalue weighted by Crippen LogP contribution is -2.02. The standard InChI is InChI=1S/C20H24O7/c1-23-17-9-11(7-13(21)19(17)25-3)15-5-6-16(27-15)12-8-14(22)20(26-4)18(10-12)24-2/h7-10,15-16,21-22H,5-6H2,1-4H3/t15-,16+. The van der Waals surface area contributed by atoms with Gasteiger partial charge in [0.2, 0.25) is 11.5 Å². The Balaban J connectivity index is 1.85. The van der Waals surface area contributed by atoms with Crippen LogP contribution in [0.15, 0.2) is 24.3 Å². The van der Waals surface area contributed by atoms with Gasteiger partial charge in [0, 0.05) is 0 Å². The molecule has 1 saturated heterocycles. The van der Waals surface area contributed by atoms with Gasteiger partial charge in [-0.2, -0.15) is 0 Å². The summed E-state index contributed by atoms with van der Waals surface area (Å²) in [5.74, 6) is 1.48. The molecule has 0 unspecified atom stereocenters. The van der Waals surface area contributed by atoms with Gasteiger partial charge in [-0.3, -0.25) is 0 Å². The number of phenols is 2. The Morgan fingerprint density at radius 1 is 0.704 bits per heavy atom. The topological polar surface area (TPSA) is 86.6 Å². The van der Waals surface area contributed by atoms with Crippen molar-refractivity contribution in [2.75, 3.05) is 28.4 Å². The van der Waals surface area contributed by atoms with Gasteiger partial charge in [-0.05, 0) is 48.2 Å². The first kappa shape index (κ1) is 19.0. The fourth-order valence-electron chi connectivity index (χ4n) is 3.43. The molecule has 1 aliphatic rings. The third-order valence-electron chi connectivity index (χ3n) is 4.73. The van der Waals surface area contributed by atoms with Crippen LogP contribution in [0.2, 0.25) is 0 Å². The van der Waals surface area contributed by atoms with Gasteiger partial charge in [-0.1, -0.05) is 0 Å². The van der Waals surface area contributed by atoms with E-state index in [-0.39, 0.29) is 23.7 Å². The van der Waals surface area contributed by atoms with Crippen LogP contribution in [0, 0.1) is 0 Å². The van der Waals surface area contributed by atoms with Crippen molar-refractivity contribution in [3.8, 4) is 34.5 Å². The summed E-state index contributed by atoms with van der Waals surface area (Å²) in [7, 11) is 5.99. The van der Waals surface area contributed by atoms with Crippen LogP contribution >= 0.6 is 0 Å². The quantitative estimate of drug-likeness (QED) is 0.794. The second kappa shape index (κ2) is 7.84. The molecule has 1 heterocycles. The Labute approximate surface area is 158 Å². The molecule has 2 atom stereocenters. The van der Waals surface area contributed by atoms with Crippen LogP contribution in [0.1, 0.15) is 36.2 Å². The summed E-state index contributed by atoms with van der Waals surface area (Å²) in [4.78, 5) is 0. The molecular formula is C20H24O7. The zero-order chi connectivity index (χ0) is 19.6. The number of phenolic OH excluding ortho intramolecular Hbond substituents is 2. The van der Waals surface area contributed by atoms with Crippen LogP contribution in [0.3, 0.4) is 0 Å². The average molecular weight is 376 g/mol. The molecule has 2 aromatic carbocycles. The summed E-state index contributed by atoms with van der Waals surface area (Å²) in [6, 6.07) is 6.86. The first-order valence-electron chi connectivity index (χ1n) is 8.57. The van der Waals surface area contributed by atoms with Crippen molar-refractivity contribution < 1.29 is 33.9 Å². The molecule has 0 amide bonds. The molecule has 7 heteroatoms. The molecule has 0 bridgehead atoms. The van der Waals surface area contributed by atoms with Crippen molar-refractivity contribution in [2.24, 2.45) is 0 Å². The minimum absolute atomic E-state index is 0.00246. The highest BCUT2D eigenvalue weighted by molar-refractivity contribution is 5.54. The number of rotatable bonds is 6. The predicted molar refractivity (Wildman–Crippen MR) is 98.2 cm³/mol. The van der Waals surface area contributed by atoms with Crippen molar-refractivity contribution >= 4 is 0 Å². The highest BCUT2D eigenvalue weighted by Crippen LogP contribution is 2.47. The molecule has 2 N–H and O–H groups in total. The van der Waals surface area contributed by atoms with Crippen LogP contribution in [0.25, 0.3) is 0 Å². The van der Waals surface area contributed by atoms with Crippen molar-refractivity contribution in [3.63, 3.8) is 0 Å². The molecule has 0 saturated carbocycles. The Hall–Kier alpha value is -2.80. The van der Waals surface area contributed by atoms with Gasteiger partial charge < -0.3 is 33.9 Å². The third kappa shape index (κ3) is 3.55. The number of hydrogen-bond donors (Lipinski definition) is 2. The lowest BCUT2D eigenvalue weighted by atomic mass is 10.0. The Morgan fingerprint density at radius 3 is 1.44 bits per heavy atom. The van der Waals surface area contributed by atoms with E-state index in [1.54, 1.807) is 24.3 Å². The Bertz CT molecular complexity index is 751. The molecule has 7 nitrogen and oxygen atoms in total. The number of methoxy groups -OCH3 is 4. The SMILES string of the molecule is COc1cc([C@@H]2CC[C@H](c3cc(O)c(OC)c(OC)c3)O2)cc(O)c1OC. The summed E-state index contributed by atoms with van der Waals surface area (Å²) in [6.45, 7) is 0. The van der Waals surface area contributed by atoms with Gasteiger partial charge in [-0.25, -0.2) is 0 Å². The average Bonchev–Trinajstić information content (AvgIpc) is 3.16. The maximum Gasteiger partial charge on any atom is 0.203 e. The molecule has 27 heavy (non-hydrogen) atoms. The maximum absolute atomic E-state index is 10.2. The molecule has 0 radical (unpaired) electrons. The lowest BCUT2D eigenvalue weighted by Gasteiger charge is -2.18. The van der Waals surface area contributed by atoms with E-state index in [4.69, 9.17) is 23.7 Å². The van der Waals surface area contributed by atoms with Crippen molar-refractivity contribution in [1.82, 2.24) is 0 Å². The number of aromatic hydroxyl groups is 2. The first-order chi connectivity index (χ1) is 13.0. The van der Waals surface area contributed by atoms with Crippen LogP contribution in [0.5, 0.6) is 34.5 Å². The van der Waals surface area contributed by atoms with Crippen LogP contribution in [-0.2, 0) is 4.74 Å². The summed E-state index contributed by atoms with van der Waals surface area (Å²) >= 11 is 0. The number of benzene rings is 2. The van der Waals surface area contributed by atoms with Gasteiger partial charge in [0.25, 0.3) is 0 Å². The van der Waals surface area contributed by atoms with E-state index in [9.17, 15) is 10.2 Å². The molecule has 2 aromatic rings. The van der Waals surface area contributed by atoms with Crippen LogP contribution < -0.4 is 18.9 Å². The zero-order valence-electron chi connectivity index (χ0n) is 15.8. The smallest absolute Gasteiger partial charge is 0.203 e. The lowest BCUT2D eigenvalue weighted by molar-refractivity contribution is 0.0435. The molecular weight excluding hydrogens is 352 g/mol. The molecule has 0 aliphatic carbocycles. The van der Waals surface area contributed by atoms with E-state index in [0.29, 0.717) is 23.0 Å². The van der Waals surface area contributed by atoms with E-state index in [2.05, 4.69) is 0 Å². The molecule has 1 aliphatic heterocycles. The van der Waals surface area contributed by atoms with Crippen LogP contribution in [-0.4, -0.2) is 38.7 Å². The fraction of sp³-hybridized carbons (Fsp3) is 0.400. The van der Waals surface area contributed by atoms with Gasteiger partial charge in [0.15, 0.2) is 23.0 Å². The van der Waals surface area contributed by atoms with Gasteiger partial charge in [0.05, 0.1) is 40.6 Å². The minimum atomic E-state index is -0.212. The highest BCUT2D eigenvalue weighted by atomic mass is 16.5. The van der Waals surface area contributed by atoms with Gasteiger partial charge in [-0.15, -0.1) is 0 Å². The predicted octanol–water partition coefficient (Wildman–Crippen LogP) is 3.73. The normalized spacial score (nSPS) is 19.0.